The quantitative estimate of drug-likeness (QED) is 0.269. The van der Waals surface area contributed by atoms with Crippen molar-refractivity contribution in [2.45, 2.75) is 52.3 Å². The molecule has 11 heteroatoms. The van der Waals surface area contributed by atoms with Crippen molar-refractivity contribution in [3.63, 3.8) is 0 Å². The minimum absolute atomic E-state index is 0.0935. The monoisotopic (exact) mass is 499 g/mol. The second-order valence-corrected chi connectivity index (χ2v) is 7.97. The third kappa shape index (κ3) is 7.00. The highest BCUT2D eigenvalue weighted by atomic mass is 19.4. The van der Waals surface area contributed by atoms with Crippen molar-refractivity contribution in [1.82, 2.24) is 4.98 Å². The summed E-state index contributed by atoms with van der Waals surface area (Å²) in [4.78, 5) is 40.7. The van der Waals surface area contributed by atoms with Crippen molar-refractivity contribution in [3.05, 3.63) is 53.1 Å². The summed E-state index contributed by atoms with van der Waals surface area (Å²) in [5.41, 5.74) is -1.60. The van der Waals surface area contributed by atoms with Gasteiger partial charge in [0, 0.05) is 31.5 Å². The number of aromatic nitrogens is 1. The first-order valence-electron chi connectivity index (χ1n) is 10.6. The van der Waals surface area contributed by atoms with Crippen molar-refractivity contribution >= 4 is 17.7 Å². The Labute approximate surface area is 199 Å². The lowest BCUT2D eigenvalue weighted by Crippen LogP contribution is -2.27. The highest BCUT2D eigenvalue weighted by Gasteiger charge is 2.36. The number of rotatable bonds is 9. The molecule has 35 heavy (non-hydrogen) atoms. The van der Waals surface area contributed by atoms with Gasteiger partial charge in [0.15, 0.2) is 17.2 Å². The van der Waals surface area contributed by atoms with E-state index in [4.69, 9.17) is 14.2 Å². The molecule has 3 atom stereocenters. The number of alkyl halides is 3. The minimum Gasteiger partial charge on any atom is -0.493 e. The lowest BCUT2D eigenvalue weighted by atomic mass is 9.91. The third-order valence-electron chi connectivity index (χ3n) is 5.31. The van der Waals surface area contributed by atoms with Gasteiger partial charge in [-0.25, -0.2) is 9.37 Å². The van der Waals surface area contributed by atoms with Gasteiger partial charge < -0.3 is 14.2 Å². The van der Waals surface area contributed by atoms with E-state index in [1.165, 1.54) is 40.1 Å². The Hall–Kier alpha value is -3.50. The molecule has 2 rings (SSSR count). The summed E-state index contributed by atoms with van der Waals surface area (Å²) in [5, 5.41) is 0. The molecule has 2 aromatic rings. The first-order chi connectivity index (χ1) is 16.3. The third-order valence-corrected chi connectivity index (χ3v) is 5.31. The number of esters is 2. The predicted molar refractivity (Wildman–Crippen MR) is 116 cm³/mol. The Morgan fingerprint density at radius 3 is 2.31 bits per heavy atom. The molecule has 0 N–H and O–H groups in total. The molecular formula is C24H25F4NO6. The van der Waals surface area contributed by atoms with Crippen LogP contribution in [0.15, 0.2) is 30.5 Å². The van der Waals surface area contributed by atoms with Crippen LogP contribution in [0.5, 0.6) is 11.5 Å². The highest BCUT2D eigenvalue weighted by Crippen LogP contribution is 2.37. The number of ketones is 1. The van der Waals surface area contributed by atoms with Crippen molar-refractivity contribution < 1.29 is 46.2 Å². The summed E-state index contributed by atoms with van der Waals surface area (Å²) in [6, 6.07) is 3.69. The summed E-state index contributed by atoms with van der Waals surface area (Å²) in [5.74, 6) is -5.22. The minimum atomic E-state index is -4.79. The Kier molecular flexibility index (Phi) is 8.94. The van der Waals surface area contributed by atoms with Crippen molar-refractivity contribution in [2.24, 2.45) is 5.92 Å². The first kappa shape index (κ1) is 27.7. The summed E-state index contributed by atoms with van der Waals surface area (Å²) in [6.07, 6.45) is -4.91. The van der Waals surface area contributed by atoms with Crippen LogP contribution in [-0.4, -0.2) is 35.9 Å². The lowest BCUT2D eigenvalue weighted by Gasteiger charge is -2.25. The Balaban J connectivity index is 2.15. The Morgan fingerprint density at radius 2 is 1.74 bits per heavy atom. The van der Waals surface area contributed by atoms with E-state index in [-0.39, 0.29) is 29.2 Å². The average Bonchev–Trinajstić information content (AvgIpc) is 2.77. The molecular weight excluding hydrogens is 474 g/mol. The molecule has 190 valence electrons. The number of carbonyl (C=O) groups excluding carboxylic acids is 3. The standard InChI is InChI=1S/C24H25F4NO6/c1-12(10-19(31)21-22(35-15(4)30)20(33-5)8-9-29-21)23(32)34-14(3)13(2)17-7-6-16(25)11-18(17)24(26,27)28/h6-9,11-14H,10H2,1-5H3/t12-,13-,14+/m1/s1. The molecule has 0 aliphatic rings. The molecule has 0 fully saturated rings. The molecule has 0 saturated heterocycles. The van der Waals surface area contributed by atoms with Gasteiger partial charge in [0.05, 0.1) is 18.6 Å². The van der Waals surface area contributed by atoms with Crippen LogP contribution in [0, 0.1) is 11.7 Å². The van der Waals surface area contributed by atoms with Crippen LogP contribution in [-0.2, 0) is 20.5 Å². The first-order valence-corrected chi connectivity index (χ1v) is 10.6. The summed E-state index contributed by atoms with van der Waals surface area (Å²) >= 11 is 0. The fourth-order valence-electron chi connectivity index (χ4n) is 3.32. The van der Waals surface area contributed by atoms with Crippen LogP contribution in [0.1, 0.15) is 61.6 Å². The number of Topliss-reactive ketones (excluding diaryl/α,β-unsaturated/α-hetero) is 1. The van der Waals surface area contributed by atoms with Crippen LogP contribution < -0.4 is 9.47 Å². The zero-order valence-electron chi connectivity index (χ0n) is 19.7. The molecule has 0 saturated carbocycles. The number of halogens is 4. The molecule has 1 aromatic carbocycles. The second kappa shape index (κ2) is 11.3. The zero-order chi connectivity index (χ0) is 26.5. The number of ether oxygens (including phenoxy) is 3. The normalized spacial score (nSPS) is 14.0. The van der Waals surface area contributed by atoms with E-state index in [2.05, 4.69) is 4.98 Å². The van der Waals surface area contributed by atoms with Crippen molar-refractivity contribution in [3.8, 4) is 11.5 Å². The Morgan fingerprint density at radius 1 is 1.09 bits per heavy atom. The van der Waals surface area contributed by atoms with Crippen LogP contribution in [0.4, 0.5) is 17.6 Å². The van der Waals surface area contributed by atoms with E-state index < -0.39 is 53.2 Å². The van der Waals surface area contributed by atoms with E-state index in [1.807, 2.05) is 0 Å². The fraction of sp³-hybridized carbons (Fsp3) is 0.417. The molecule has 0 radical (unpaired) electrons. The maximum absolute atomic E-state index is 13.4. The molecule has 0 unspecified atom stereocenters. The summed E-state index contributed by atoms with van der Waals surface area (Å²) < 4.78 is 68.9. The number of pyridine rings is 1. The van der Waals surface area contributed by atoms with Crippen molar-refractivity contribution in [2.75, 3.05) is 7.11 Å². The van der Waals surface area contributed by atoms with E-state index in [9.17, 15) is 31.9 Å². The van der Waals surface area contributed by atoms with Gasteiger partial charge in [-0.3, -0.25) is 14.4 Å². The van der Waals surface area contributed by atoms with Crippen LogP contribution in [0.3, 0.4) is 0 Å². The predicted octanol–water partition coefficient (Wildman–Crippen LogP) is 5.12. The Bertz CT molecular complexity index is 1100. The topological polar surface area (TPSA) is 91.8 Å². The van der Waals surface area contributed by atoms with E-state index in [0.717, 1.165) is 19.1 Å². The largest absolute Gasteiger partial charge is 0.493 e. The van der Waals surface area contributed by atoms with Gasteiger partial charge in [0.1, 0.15) is 11.9 Å². The number of nitrogens with zero attached hydrogens (tertiary/aromatic N) is 1. The van der Waals surface area contributed by atoms with Crippen molar-refractivity contribution in [1.29, 1.82) is 0 Å². The maximum atomic E-state index is 13.4. The molecule has 0 bridgehead atoms. The smallest absolute Gasteiger partial charge is 0.416 e. The SMILES string of the molecule is COc1ccnc(C(=O)C[C@@H](C)C(=O)O[C@@H](C)[C@@H](C)c2ccc(F)cc2C(F)(F)F)c1OC(C)=O. The molecule has 0 aliphatic carbocycles. The number of hydrogen-bond donors (Lipinski definition) is 0. The molecule has 7 nitrogen and oxygen atoms in total. The van der Waals surface area contributed by atoms with Gasteiger partial charge in [0.2, 0.25) is 5.75 Å². The molecule has 0 spiro atoms. The van der Waals surface area contributed by atoms with Gasteiger partial charge in [-0.2, -0.15) is 13.2 Å². The van der Waals surface area contributed by atoms with Crippen LogP contribution in [0.2, 0.25) is 0 Å². The maximum Gasteiger partial charge on any atom is 0.416 e. The molecule has 0 amide bonds. The van der Waals surface area contributed by atoms with Gasteiger partial charge in [0.25, 0.3) is 0 Å². The van der Waals surface area contributed by atoms with E-state index in [0.29, 0.717) is 6.07 Å². The number of methoxy groups -OCH3 is 1. The van der Waals surface area contributed by atoms with Gasteiger partial charge in [-0.05, 0) is 24.6 Å². The average molecular weight is 499 g/mol. The fourth-order valence-corrected chi connectivity index (χ4v) is 3.32. The van der Waals surface area contributed by atoms with Gasteiger partial charge in [-0.15, -0.1) is 0 Å². The van der Waals surface area contributed by atoms with Gasteiger partial charge >= 0.3 is 18.1 Å². The second-order valence-electron chi connectivity index (χ2n) is 7.97. The summed E-state index contributed by atoms with van der Waals surface area (Å²) in [7, 11) is 1.31. The number of hydrogen-bond acceptors (Lipinski definition) is 7. The van der Waals surface area contributed by atoms with Gasteiger partial charge in [-0.1, -0.05) is 19.9 Å². The summed E-state index contributed by atoms with van der Waals surface area (Å²) in [6.45, 7) is 5.36. The van der Waals surface area contributed by atoms with E-state index in [1.54, 1.807) is 0 Å². The molecule has 1 heterocycles. The zero-order valence-corrected chi connectivity index (χ0v) is 19.7. The van der Waals surface area contributed by atoms with Crippen LogP contribution >= 0.6 is 0 Å². The number of benzene rings is 1. The molecule has 0 aliphatic heterocycles. The lowest BCUT2D eigenvalue weighted by molar-refractivity contribution is -0.153. The highest BCUT2D eigenvalue weighted by molar-refractivity contribution is 5.99. The van der Waals surface area contributed by atoms with Crippen LogP contribution in [0.25, 0.3) is 0 Å². The van der Waals surface area contributed by atoms with E-state index >= 15 is 0 Å². The number of carbonyl (C=O) groups is 3. The molecule has 1 aromatic heterocycles.